The number of esters is 4. The van der Waals surface area contributed by atoms with E-state index in [0.29, 0.717) is 6.42 Å². The molecule has 0 bridgehead atoms. The second-order valence-corrected chi connectivity index (χ2v) is 13.4. The van der Waals surface area contributed by atoms with Crippen LogP contribution in [0.1, 0.15) is 99.3 Å². The maximum atomic E-state index is 12.5. The summed E-state index contributed by atoms with van der Waals surface area (Å²) in [5.74, 6) is 0.438. The molecule has 4 aliphatic rings. The number of carbonyl (C=O) groups excluding carboxylic acids is 4. The lowest BCUT2D eigenvalue weighted by Crippen LogP contribution is -2.63. The number of rotatable bonds is 7. The van der Waals surface area contributed by atoms with E-state index >= 15 is 0 Å². The lowest BCUT2D eigenvalue weighted by Gasteiger charge is -2.64. The quantitative estimate of drug-likeness (QED) is 0.314. The van der Waals surface area contributed by atoms with Crippen molar-refractivity contribution in [2.24, 2.45) is 46.3 Å². The molecular formula is C31H48O8. The molecule has 4 fully saturated rings. The van der Waals surface area contributed by atoms with E-state index in [4.69, 9.17) is 18.9 Å². The van der Waals surface area contributed by atoms with Crippen molar-refractivity contribution < 1.29 is 38.1 Å². The van der Waals surface area contributed by atoms with Crippen molar-refractivity contribution in [2.45, 2.75) is 118 Å². The first kappa shape index (κ1) is 29.9. The van der Waals surface area contributed by atoms with Crippen molar-refractivity contribution in [2.75, 3.05) is 7.11 Å². The second-order valence-electron chi connectivity index (χ2n) is 13.4. The Morgan fingerprint density at radius 2 is 1.51 bits per heavy atom. The van der Waals surface area contributed by atoms with Crippen molar-refractivity contribution >= 4 is 23.9 Å². The Labute approximate surface area is 233 Å². The third kappa shape index (κ3) is 5.58. The zero-order chi connectivity index (χ0) is 28.7. The molecule has 4 aliphatic carbocycles. The van der Waals surface area contributed by atoms with Crippen molar-refractivity contribution in [3.8, 4) is 0 Å². The average molecular weight is 549 g/mol. The molecule has 4 saturated carbocycles. The van der Waals surface area contributed by atoms with Crippen LogP contribution in [0.4, 0.5) is 0 Å². The van der Waals surface area contributed by atoms with Crippen LogP contribution >= 0.6 is 0 Å². The van der Waals surface area contributed by atoms with Gasteiger partial charge >= 0.3 is 23.9 Å². The summed E-state index contributed by atoms with van der Waals surface area (Å²) in [6.07, 6.45) is 6.53. The largest absolute Gasteiger partial charge is 0.469 e. The molecule has 0 aromatic heterocycles. The highest BCUT2D eigenvalue weighted by molar-refractivity contribution is 5.69. The van der Waals surface area contributed by atoms with Crippen molar-refractivity contribution in [1.82, 2.24) is 0 Å². The number of ether oxygens (including phenoxy) is 4. The van der Waals surface area contributed by atoms with Gasteiger partial charge in [0.05, 0.1) is 7.11 Å². The van der Waals surface area contributed by atoms with Gasteiger partial charge in [-0.3, -0.25) is 19.2 Å². The van der Waals surface area contributed by atoms with Crippen LogP contribution in [0.3, 0.4) is 0 Å². The predicted octanol–water partition coefficient (Wildman–Crippen LogP) is 5.25. The van der Waals surface area contributed by atoms with Gasteiger partial charge in [0, 0.05) is 38.5 Å². The normalized spacial score (nSPS) is 41.7. The van der Waals surface area contributed by atoms with Crippen LogP contribution < -0.4 is 0 Å². The van der Waals surface area contributed by atoms with Gasteiger partial charge in [-0.1, -0.05) is 20.8 Å². The molecule has 0 heterocycles. The van der Waals surface area contributed by atoms with E-state index in [0.717, 1.165) is 51.4 Å². The summed E-state index contributed by atoms with van der Waals surface area (Å²) in [7, 11) is 1.42. The lowest BCUT2D eigenvalue weighted by molar-refractivity contribution is -0.224. The molecule has 0 radical (unpaired) electrons. The maximum absolute atomic E-state index is 12.5. The third-order valence-corrected chi connectivity index (χ3v) is 11.4. The molecule has 0 aromatic carbocycles. The number of hydrogen-bond donors (Lipinski definition) is 0. The zero-order valence-corrected chi connectivity index (χ0v) is 24.8. The van der Waals surface area contributed by atoms with Gasteiger partial charge in [0.2, 0.25) is 0 Å². The SMILES string of the molecule is COC(=O)CCC(C)C1CCC2C3C(OC(C)=O)CC4CC(OC(C)=O)CCC4(C)C3CC(OC(C)=O)C12C. The van der Waals surface area contributed by atoms with Crippen LogP contribution in [0, 0.1) is 46.3 Å². The first-order valence-electron chi connectivity index (χ1n) is 14.9. The predicted molar refractivity (Wildman–Crippen MR) is 143 cm³/mol. The topological polar surface area (TPSA) is 105 Å². The monoisotopic (exact) mass is 548 g/mol. The van der Waals surface area contributed by atoms with Gasteiger partial charge in [-0.15, -0.1) is 0 Å². The molecule has 0 aromatic rings. The minimum atomic E-state index is -0.279. The van der Waals surface area contributed by atoms with Crippen LogP contribution in [0.5, 0.6) is 0 Å². The molecule has 220 valence electrons. The fourth-order valence-electron chi connectivity index (χ4n) is 9.77. The Hall–Kier alpha value is -2.12. The maximum Gasteiger partial charge on any atom is 0.305 e. The van der Waals surface area contributed by atoms with Crippen LogP contribution in [-0.4, -0.2) is 49.3 Å². The molecule has 8 nitrogen and oxygen atoms in total. The molecule has 11 unspecified atom stereocenters. The van der Waals surface area contributed by atoms with Crippen LogP contribution in [0.15, 0.2) is 0 Å². The summed E-state index contributed by atoms with van der Waals surface area (Å²) >= 11 is 0. The summed E-state index contributed by atoms with van der Waals surface area (Å²) in [4.78, 5) is 48.5. The smallest absolute Gasteiger partial charge is 0.305 e. The summed E-state index contributed by atoms with van der Waals surface area (Å²) < 4.78 is 22.8. The molecule has 0 saturated heterocycles. The zero-order valence-electron chi connectivity index (χ0n) is 24.8. The minimum Gasteiger partial charge on any atom is -0.469 e. The highest BCUT2D eigenvalue weighted by atomic mass is 16.6. The Kier molecular flexibility index (Phi) is 8.73. The van der Waals surface area contributed by atoms with E-state index < -0.39 is 0 Å². The average Bonchev–Trinajstić information content (AvgIpc) is 3.20. The van der Waals surface area contributed by atoms with E-state index in [9.17, 15) is 19.2 Å². The summed E-state index contributed by atoms with van der Waals surface area (Å²) in [6.45, 7) is 11.3. The highest BCUT2D eigenvalue weighted by Gasteiger charge is 2.67. The molecule has 0 spiro atoms. The first-order chi connectivity index (χ1) is 18.3. The van der Waals surface area contributed by atoms with Crippen molar-refractivity contribution in [3.63, 3.8) is 0 Å². The molecule has 0 aliphatic heterocycles. The van der Waals surface area contributed by atoms with E-state index in [1.807, 2.05) is 0 Å². The molecule has 4 rings (SSSR count). The highest BCUT2D eigenvalue weighted by Crippen LogP contribution is 2.69. The van der Waals surface area contributed by atoms with E-state index in [-0.39, 0.29) is 88.5 Å². The van der Waals surface area contributed by atoms with Crippen LogP contribution in [0.25, 0.3) is 0 Å². The summed E-state index contributed by atoms with van der Waals surface area (Å²) in [5, 5.41) is 0. The standard InChI is InChI=1S/C31H48O8/c1-17(8-11-28(35)36-7)23-9-10-24-29-25(16-27(31(23,24)6)39-20(4)34)30(5)13-12-22(37-18(2)32)14-21(30)15-26(29)38-19(3)33/h17,21-27,29H,8-16H2,1-7H3. The van der Waals surface area contributed by atoms with Crippen LogP contribution in [0.2, 0.25) is 0 Å². The third-order valence-electron chi connectivity index (χ3n) is 11.4. The molecule has 8 heteroatoms. The Morgan fingerprint density at radius 3 is 2.13 bits per heavy atom. The van der Waals surface area contributed by atoms with Gasteiger partial charge in [0.15, 0.2) is 0 Å². The summed E-state index contributed by atoms with van der Waals surface area (Å²) in [5.41, 5.74) is -0.300. The summed E-state index contributed by atoms with van der Waals surface area (Å²) in [6, 6.07) is 0. The lowest BCUT2D eigenvalue weighted by atomic mass is 9.43. The van der Waals surface area contributed by atoms with E-state index in [1.165, 1.54) is 27.9 Å². The minimum absolute atomic E-state index is 0.0215. The first-order valence-corrected chi connectivity index (χ1v) is 14.9. The molecule has 11 atom stereocenters. The fourth-order valence-corrected chi connectivity index (χ4v) is 9.77. The number of carbonyl (C=O) groups is 4. The van der Waals surface area contributed by atoms with Gasteiger partial charge in [0.25, 0.3) is 0 Å². The molecule has 0 N–H and O–H groups in total. The molecule has 0 amide bonds. The Bertz CT molecular complexity index is 962. The van der Waals surface area contributed by atoms with Crippen LogP contribution in [-0.2, 0) is 38.1 Å². The van der Waals surface area contributed by atoms with Gasteiger partial charge in [0.1, 0.15) is 18.3 Å². The molecule has 39 heavy (non-hydrogen) atoms. The van der Waals surface area contributed by atoms with Crippen molar-refractivity contribution in [1.29, 1.82) is 0 Å². The fraction of sp³-hybridized carbons (Fsp3) is 0.871. The number of hydrogen-bond acceptors (Lipinski definition) is 8. The van der Waals surface area contributed by atoms with Gasteiger partial charge in [-0.05, 0) is 86.4 Å². The molecular weight excluding hydrogens is 500 g/mol. The number of methoxy groups -OCH3 is 1. The van der Waals surface area contributed by atoms with Gasteiger partial charge in [-0.25, -0.2) is 0 Å². The van der Waals surface area contributed by atoms with Gasteiger partial charge in [-0.2, -0.15) is 0 Å². The number of fused-ring (bicyclic) bond motifs is 5. The Morgan fingerprint density at radius 1 is 0.846 bits per heavy atom. The van der Waals surface area contributed by atoms with Gasteiger partial charge < -0.3 is 18.9 Å². The van der Waals surface area contributed by atoms with E-state index in [2.05, 4.69) is 20.8 Å². The van der Waals surface area contributed by atoms with E-state index in [1.54, 1.807) is 0 Å². The second kappa shape index (κ2) is 11.4. The van der Waals surface area contributed by atoms with Crippen molar-refractivity contribution in [3.05, 3.63) is 0 Å². The Balaban J connectivity index is 1.70.